The first-order chi connectivity index (χ1) is 10.1. The molecule has 0 bridgehead atoms. The highest BCUT2D eigenvalue weighted by molar-refractivity contribution is 5.94. The van der Waals surface area contributed by atoms with Crippen molar-refractivity contribution in [2.24, 2.45) is 0 Å². The molecule has 116 valence electrons. The largest absolute Gasteiger partial charge is 0.326 e. The van der Waals surface area contributed by atoms with Crippen LogP contribution in [0.15, 0.2) is 18.2 Å². The second-order valence-corrected chi connectivity index (χ2v) is 5.33. The van der Waals surface area contributed by atoms with Crippen LogP contribution in [-0.2, 0) is 9.59 Å². The average molecular weight is 290 g/mol. The van der Waals surface area contributed by atoms with Gasteiger partial charge < -0.3 is 10.6 Å². The average Bonchev–Trinajstić information content (AvgIpc) is 2.46. The molecule has 2 amide bonds. The van der Waals surface area contributed by atoms with E-state index in [1.165, 1.54) is 0 Å². The highest BCUT2D eigenvalue weighted by Gasteiger charge is 2.07. The van der Waals surface area contributed by atoms with Gasteiger partial charge in [-0.25, -0.2) is 0 Å². The number of carbonyl (C=O) groups is 2. The zero-order valence-electron chi connectivity index (χ0n) is 13.3. The molecule has 0 saturated carbocycles. The van der Waals surface area contributed by atoms with E-state index in [4.69, 9.17) is 0 Å². The summed E-state index contributed by atoms with van der Waals surface area (Å²) in [6, 6.07) is 5.59. The van der Waals surface area contributed by atoms with E-state index in [-0.39, 0.29) is 11.8 Å². The summed E-state index contributed by atoms with van der Waals surface area (Å²) in [6.07, 6.45) is 4.84. The molecule has 0 radical (unpaired) electrons. The van der Waals surface area contributed by atoms with Gasteiger partial charge in [-0.3, -0.25) is 9.59 Å². The second kappa shape index (κ2) is 9.16. The van der Waals surface area contributed by atoms with Crippen molar-refractivity contribution in [2.45, 2.75) is 59.3 Å². The molecule has 0 saturated heterocycles. The lowest BCUT2D eigenvalue weighted by atomic mass is 10.1. The van der Waals surface area contributed by atoms with Gasteiger partial charge >= 0.3 is 0 Å². The summed E-state index contributed by atoms with van der Waals surface area (Å²) in [5.74, 6) is 0.0402. The third kappa shape index (κ3) is 6.43. The molecule has 0 heterocycles. The monoisotopic (exact) mass is 290 g/mol. The Labute approximate surface area is 127 Å². The fraction of sp³-hybridized carbons (Fsp3) is 0.529. The predicted molar refractivity (Wildman–Crippen MR) is 87.5 cm³/mol. The van der Waals surface area contributed by atoms with Crippen molar-refractivity contribution in [3.8, 4) is 0 Å². The normalized spacial score (nSPS) is 10.2. The number of nitrogens with one attached hydrogen (secondary N) is 2. The van der Waals surface area contributed by atoms with Crippen LogP contribution in [0.25, 0.3) is 0 Å². The van der Waals surface area contributed by atoms with Crippen LogP contribution in [0.1, 0.15) is 57.9 Å². The number of anilines is 2. The van der Waals surface area contributed by atoms with Gasteiger partial charge in [0.05, 0.1) is 0 Å². The van der Waals surface area contributed by atoms with Gasteiger partial charge in [0.1, 0.15) is 0 Å². The van der Waals surface area contributed by atoms with Crippen LogP contribution in [0, 0.1) is 6.92 Å². The Balaban J connectivity index is 2.66. The molecule has 0 aliphatic heterocycles. The minimum atomic E-state index is 0.0176. The van der Waals surface area contributed by atoms with E-state index >= 15 is 0 Å². The van der Waals surface area contributed by atoms with Crippen LogP contribution >= 0.6 is 0 Å². The maximum atomic E-state index is 11.8. The third-order valence-corrected chi connectivity index (χ3v) is 3.31. The molecule has 4 heteroatoms. The van der Waals surface area contributed by atoms with Gasteiger partial charge in [0.25, 0.3) is 0 Å². The Hall–Kier alpha value is -1.84. The molecular formula is C17H26N2O2. The SMILES string of the molecule is CCCCC(=O)Nc1ccc(C)c(NC(=O)CCCC)c1. The number of amides is 2. The van der Waals surface area contributed by atoms with Crippen molar-refractivity contribution in [3.63, 3.8) is 0 Å². The number of unbranched alkanes of at least 4 members (excludes halogenated alkanes) is 2. The molecule has 4 nitrogen and oxygen atoms in total. The van der Waals surface area contributed by atoms with E-state index in [2.05, 4.69) is 24.5 Å². The molecule has 0 aromatic heterocycles. The van der Waals surface area contributed by atoms with Crippen LogP contribution in [0.5, 0.6) is 0 Å². The first-order valence-electron chi connectivity index (χ1n) is 7.77. The standard InChI is InChI=1S/C17H26N2O2/c1-4-6-8-16(20)18-14-11-10-13(3)15(12-14)19-17(21)9-7-5-2/h10-12H,4-9H2,1-3H3,(H,18,20)(H,19,21). The lowest BCUT2D eigenvalue weighted by Crippen LogP contribution is -2.14. The molecule has 0 unspecified atom stereocenters. The molecule has 1 aromatic carbocycles. The van der Waals surface area contributed by atoms with Crippen molar-refractivity contribution in [1.29, 1.82) is 0 Å². The molecule has 2 N–H and O–H groups in total. The Kier molecular flexibility index (Phi) is 7.51. The Morgan fingerprint density at radius 2 is 1.52 bits per heavy atom. The van der Waals surface area contributed by atoms with E-state index in [1.54, 1.807) is 0 Å². The van der Waals surface area contributed by atoms with Crippen molar-refractivity contribution in [2.75, 3.05) is 10.6 Å². The Bertz CT molecular complexity index is 484. The lowest BCUT2D eigenvalue weighted by molar-refractivity contribution is -0.117. The van der Waals surface area contributed by atoms with E-state index in [9.17, 15) is 9.59 Å². The van der Waals surface area contributed by atoms with Gasteiger partial charge in [-0.2, -0.15) is 0 Å². The highest BCUT2D eigenvalue weighted by atomic mass is 16.2. The molecule has 0 aliphatic carbocycles. The Morgan fingerprint density at radius 1 is 0.952 bits per heavy atom. The van der Waals surface area contributed by atoms with Crippen LogP contribution in [0.3, 0.4) is 0 Å². The molecule has 1 rings (SSSR count). The summed E-state index contributed by atoms with van der Waals surface area (Å²) >= 11 is 0. The zero-order valence-corrected chi connectivity index (χ0v) is 13.3. The van der Waals surface area contributed by atoms with Crippen LogP contribution in [0.4, 0.5) is 11.4 Å². The summed E-state index contributed by atoms with van der Waals surface area (Å²) in [6.45, 7) is 6.06. The number of hydrogen-bond donors (Lipinski definition) is 2. The smallest absolute Gasteiger partial charge is 0.224 e. The fourth-order valence-electron chi connectivity index (χ4n) is 1.95. The number of aryl methyl sites for hydroxylation is 1. The molecule has 0 spiro atoms. The van der Waals surface area contributed by atoms with Crippen LogP contribution in [-0.4, -0.2) is 11.8 Å². The number of benzene rings is 1. The summed E-state index contributed by atoms with van der Waals surface area (Å²) in [7, 11) is 0. The molecule has 1 aromatic rings. The van der Waals surface area contributed by atoms with E-state index in [0.29, 0.717) is 12.8 Å². The maximum absolute atomic E-state index is 11.8. The van der Waals surface area contributed by atoms with Crippen LogP contribution < -0.4 is 10.6 Å². The van der Waals surface area contributed by atoms with Gasteiger partial charge in [0.15, 0.2) is 0 Å². The van der Waals surface area contributed by atoms with Gasteiger partial charge in [-0.15, -0.1) is 0 Å². The summed E-state index contributed by atoms with van der Waals surface area (Å²) < 4.78 is 0. The van der Waals surface area contributed by atoms with Crippen LogP contribution in [0.2, 0.25) is 0 Å². The van der Waals surface area contributed by atoms with Crippen molar-refractivity contribution in [3.05, 3.63) is 23.8 Å². The van der Waals surface area contributed by atoms with Gasteiger partial charge in [0, 0.05) is 24.2 Å². The van der Waals surface area contributed by atoms with Crippen molar-refractivity contribution >= 4 is 23.2 Å². The quantitative estimate of drug-likeness (QED) is 0.752. The van der Waals surface area contributed by atoms with Crippen molar-refractivity contribution < 1.29 is 9.59 Å². The van der Waals surface area contributed by atoms with E-state index in [0.717, 1.165) is 42.6 Å². The molecule has 0 atom stereocenters. The summed E-state index contributed by atoms with van der Waals surface area (Å²) in [4.78, 5) is 23.5. The van der Waals surface area contributed by atoms with Crippen molar-refractivity contribution in [1.82, 2.24) is 0 Å². The molecule has 0 fully saturated rings. The van der Waals surface area contributed by atoms with E-state index < -0.39 is 0 Å². The predicted octanol–water partition coefficient (Wildman–Crippen LogP) is 4.25. The van der Waals surface area contributed by atoms with E-state index in [1.807, 2.05) is 25.1 Å². The summed E-state index contributed by atoms with van der Waals surface area (Å²) in [5, 5.41) is 5.78. The first kappa shape index (κ1) is 17.2. The highest BCUT2D eigenvalue weighted by Crippen LogP contribution is 2.21. The topological polar surface area (TPSA) is 58.2 Å². The first-order valence-corrected chi connectivity index (χ1v) is 7.77. The van der Waals surface area contributed by atoms with Gasteiger partial charge in [-0.1, -0.05) is 32.8 Å². The number of carbonyl (C=O) groups excluding carboxylic acids is 2. The lowest BCUT2D eigenvalue weighted by Gasteiger charge is -2.11. The minimum Gasteiger partial charge on any atom is -0.326 e. The molecular weight excluding hydrogens is 264 g/mol. The third-order valence-electron chi connectivity index (χ3n) is 3.31. The van der Waals surface area contributed by atoms with Gasteiger partial charge in [-0.05, 0) is 37.5 Å². The fourth-order valence-corrected chi connectivity index (χ4v) is 1.95. The maximum Gasteiger partial charge on any atom is 0.224 e. The number of hydrogen-bond acceptors (Lipinski definition) is 2. The number of rotatable bonds is 8. The minimum absolute atomic E-state index is 0.0176. The molecule has 21 heavy (non-hydrogen) atoms. The summed E-state index contributed by atoms with van der Waals surface area (Å²) in [5.41, 5.74) is 2.49. The zero-order chi connectivity index (χ0) is 15.7. The Morgan fingerprint density at radius 3 is 2.10 bits per heavy atom. The molecule has 0 aliphatic rings. The van der Waals surface area contributed by atoms with Gasteiger partial charge in [0.2, 0.25) is 11.8 Å². The second-order valence-electron chi connectivity index (χ2n) is 5.33.